The summed E-state index contributed by atoms with van der Waals surface area (Å²) in [6.45, 7) is 2.43. The molecule has 0 unspecified atom stereocenters. The third-order valence-corrected chi connectivity index (χ3v) is 5.32. The number of amides is 3. The van der Waals surface area contributed by atoms with E-state index in [9.17, 15) is 9.59 Å². The largest absolute Gasteiger partial charge is 0.378 e. The smallest absolute Gasteiger partial charge is 0.324 e. The van der Waals surface area contributed by atoms with Crippen molar-refractivity contribution in [3.05, 3.63) is 84.2 Å². The van der Waals surface area contributed by atoms with Crippen molar-refractivity contribution in [2.75, 3.05) is 31.2 Å². The molecule has 1 aromatic heterocycles. The van der Waals surface area contributed by atoms with Gasteiger partial charge in [-0.1, -0.05) is 30.3 Å². The number of morpholine rings is 1. The Balaban J connectivity index is 1.65. The number of hydrogen-bond acceptors (Lipinski definition) is 5. The molecular weight excluding hydrogens is 408 g/mol. The van der Waals surface area contributed by atoms with E-state index in [1.54, 1.807) is 51.9 Å². The van der Waals surface area contributed by atoms with Gasteiger partial charge in [-0.3, -0.25) is 19.9 Å². The van der Waals surface area contributed by atoms with Gasteiger partial charge in [0.25, 0.3) is 5.91 Å². The van der Waals surface area contributed by atoms with Gasteiger partial charge < -0.3 is 9.64 Å². The molecule has 8 nitrogen and oxygen atoms in total. The standard InChI is InChI=1S/C24H24N4O4/c29-23(26-31)19-8-6-18(7-9-19)17-28(24(30)27-11-13-32-14-12-27)22-5-1-3-20(15-22)21-4-2-10-25-16-21/h1-10,15-16,31H,11-14,17H2,(H,26,29). The van der Waals surface area contributed by atoms with Crippen LogP contribution in [0.2, 0.25) is 0 Å². The minimum absolute atomic E-state index is 0.103. The highest BCUT2D eigenvalue weighted by molar-refractivity contribution is 5.94. The van der Waals surface area contributed by atoms with Crippen LogP contribution in [0.5, 0.6) is 0 Å². The number of nitrogens with zero attached hydrogens (tertiary/aromatic N) is 3. The molecular formula is C24H24N4O4. The van der Waals surface area contributed by atoms with Gasteiger partial charge in [-0.15, -0.1) is 0 Å². The van der Waals surface area contributed by atoms with Crippen molar-refractivity contribution < 1.29 is 19.5 Å². The molecule has 1 saturated heterocycles. The van der Waals surface area contributed by atoms with E-state index in [0.29, 0.717) is 38.4 Å². The lowest BCUT2D eigenvalue weighted by atomic mass is 10.1. The summed E-state index contributed by atoms with van der Waals surface area (Å²) in [5.41, 5.74) is 5.50. The van der Waals surface area contributed by atoms with Crippen molar-refractivity contribution >= 4 is 17.6 Å². The Labute approximate surface area is 186 Å². The zero-order valence-corrected chi connectivity index (χ0v) is 17.5. The first-order valence-electron chi connectivity index (χ1n) is 10.3. The van der Waals surface area contributed by atoms with Gasteiger partial charge in [0.1, 0.15) is 0 Å². The van der Waals surface area contributed by atoms with Crippen LogP contribution in [0.1, 0.15) is 15.9 Å². The minimum atomic E-state index is -0.582. The lowest BCUT2D eigenvalue weighted by molar-refractivity contribution is 0.0548. The monoisotopic (exact) mass is 432 g/mol. The molecule has 2 heterocycles. The van der Waals surface area contributed by atoms with Gasteiger partial charge in [-0.2, -0.15) is 0 Å². The second-order valence-corrected chi connectivity index (χ2v) is 7.40. The second kappa shape index (κ2) is 10.0. The maximum atomic E-state index is 13.5. The third-order valence-electron chi connectivity index (χ3n) is 5.32. The predicted molar refractivity (Wildman–Crippen MR) is 119 cm³/mol. The zero-order valence-electron chi connectivity index (χ0n) is 17.5. The van der Waals surface area contributed by atoms with E-state index < -0.39 is 5.91 Å². The van der Waals surface area contributed by atoms with Crippen LogP contribution < -0.4 is 10.4 Å². The predicted octanol–water partition coefficient (Wildman–Crippen LogP) is 3.33. The van der Waals surface area contributed by atoms with Crippen LogP contribution in [-0.4, -0.2) is 53.3 Å². The number of urea groups is 1. The van der Waals surface area contributed by atoms with Crippen molar-refractivity contribution in [1.82, 2.24) is 15.4 Å². The zero-order chi connectivity index (χ0) is 22.3. The van der Waals surface area contributed by atoms with Gasteiger partial charge in [-0.25, -0.2) is 10.3 Å². The van der Waals surface area contributed by atoms with E-state index in [-0.39, 0.29) is 6.03 Å². The summed E-state index contributed by atoms with van der Waals surface area (Å²) in [7, 11) is 0. The van der Waals surface area contributed by atoms with Crippen molar-refractivity contribution in [3.63, 3.8) is 0 Å². The van der Waals surface area contributed by atoms with Crippen LogP contribution in [0.4, 0.5) is 10.5 Å². The summed E-state index contributed by atoms with van der Waals surface area (Å²) in [4.78, 5) is 32.8. The van der Waals surface area contributed by atoms with Crippen molar-refractivity contribution in [2.24, 2.45) is 0 Å². The van der Waals surface area contributed by atoms with E-state index in [1.807, 2.05) is 36.4 Å². The molecule has 4 rings (SSSR count). The first-order chi connectivity index (χ1) is 15.7. The van der Waals surface area contributed by atoms with Gasteiger partial charge in [0.15, 0.2) is 0 Å². The molecule has 8 heteroatoms. The molecule has 1 fully saturated rings. The topological polar surface area (TPSA) is 95.0 Å². The summed E-state index contributed by atoms with van der Waals surface area (Å²) < 4.78 is 5.40. The van der Waals surface area contributed by atoms with Crippen LogP contribution in [0.15, 0.2) is 73.1 Å². The lowest BCUT2D eigenvalue weighted by Crippen LogP contribution is -2.48. The van der Waals surface area contributed by atoms with E-state index in [0.717, 1.165) is 22.4 Å². The van der Waals surface area contributed by atoms with Gasteiger partial charge in [0.2, 0.25) is 0 Å². The lowest BCUT2D eigenvalue weighted by Gasteiger charge is -2.33. The number of aromatic nitrogens is 1. The van der Waals surface area contributed by atoms with Crippen LogP contribution in [0, 0.1) is 0 Å². The fraction of sp³-hybridized carbons (Fsp3) is 0.208. The van der Waals surface area contributed by atoms with Crippen LogP contribution >= 0.6 is 0 Å². The molecule has 0 aliphatic carbocycles. The Morgan fingerprint density at radius 1 is 1.03 bits per heavy atom. The number of hydrogen-bond donors (Lipinski definition) is 2. The average Bonchev–Trinajstić information content (AvgIpc) is 2.88. The SMILES string of the molecule is O=C(NO)c1ccc(CN(C(=O)N2CCOCC2)c2cccc(-c3cccnc3)c2)cc1. The molecule has 0 spiro atoms. The number of nitrogens with one attached hydrogen (secondary N) is 1. The summed E-state index contributed by atoms with van der Waals surface area (Å²) in [5, 5.41) is 8.82. The molecule has 1 aliphatic rings. The Kier molecular flexibility index (Phi) is 6.74. The Hall–Kier alpha value is -3.75. The van der Waals surface area contributed by atoms with E-state index >= 15 is 0 Å². The number of anilines is 1. The molecule has 0 radical (unpaired) electrons. The van der Waals surface area contributed by atoms with Crippen molar-refractivity contribution in [3.8, 4) is 11.1 Å². The van der Waals surface area contributed by atoms with Crippen LogP contribution in [0.25, 0.3) is 11.1 Å². The number of pyridine rings is 1. The van der Waals surface area contributed by atoms with E-state index in [1.165, 1.54) is 0 Å². The average molecular weight is 432 g/mol. The maximum Gasteiger partial charge on any atom is 0.324 e. The van der Waals surface area contributed by atoms with Gasteiger partial charge >= 0.3 is 6.03 Å². The number of rotatable bonds is 5. The number of carbonyl (C=O) groups is 2. The fourth-order valence-electron chi connectivity index (χ4n) is 3.59. The molecule has 0 saturated carbocycles. The molecule has 164 valence electrons. The van der Waals surface area contributed by atoms with Crippen LogP contribution in [0.3, 0.4) is 0 Å². The van der Waals surface area contributed by atoms with Crippen molar-refractivity contribution in [1.29, 1.82) is 0 Å². The molecule has 3 aromatic rings. The fourth-order valence-corrected chi connectivity index (χ4v) is 3.59. The second-order valence-electron chi connectivity index (χ2n) is 7.40. The first-order valence-corrected chi connectivity index (χ1v) is 10.3. The van der Waals surface area contributed by atoms with E-state index in [4.69, 9.17) is 9.94 Å². The molecule has 32 heavy (non-hydrogen) atoms. The van der Waals surface area contributed by atoms with Gasteiger partial charge in [0, 0.05) is 42.3 Å². The molecule has 1 aliphatic heterocycles. The number of hydroxylamine groups is 1. The third kappa shape index (κ3) is 4.93. The van der Waals surface area contributed by atoms with Crippen molar-refractivity contribution in [2.45, 2.75) is 6.54 Å². The first kappa shape index (κ1) is 21.5. The summed E-state index contributed by atoms with van der Waals surface area (Å²) in [5.74, 6) is -0.582. The Morgan fingerprint density at radius 3 is 2.47 bits per heavy atom. The van der Waals surface area contributed by atoms with Crippen LogP contribution in [-0.2, 0) is 11.3 Å². The highest BCUT2D eigenvalue weighted by Crippen LogP contribution is 2.26. The van der Waals surface area contributed by atoms with Gasteiger partial charge in [-0.05, 0) is 41.5 Å². The minimum Gasteiger partial charge on any atom is -0.378 e. The molecule has 0 atom stereocenters. The molecule has 2 N–H and O–H groups in total. The number of carbonyl (C=O) groups excluding carboxylic acids is 2. The molecule has 3 amide bonds. The normalized spacial score (nSPS) is 13.5. The Morgan fingerprint density at radius 2 is 1.78 bits per heavy atom. The summed E-state index contributed by atoms with van der Waals surface area (Å²) in [6.07, 6.45) is 3.51. The summed E-state index contributed by atoms with van der Waals surface area (Å²) in [6, 6.07) is 18.3. The quantitative estimate of drug-likeness (QED) is 0.476. The number of benzene rings is 2. The highest BCUT2D eigenvalue weighted by Gasteiger charge is 2.25. The van der Waals surface area contributed by atoms with E-state index in [2.05, 4.69) is 4.98 Å². The highest BCUT2D eigenvalue weighted by atomic mass is 16.5. The number of ether oxygens (including phenoxy) is 1. The maximum absolute atomic E-state index is 13.5. The Bertz CT molecular complexity index is 1070. The van der Waals surface area contributed by atoms with Gasteiger partial charge in [0.05, 0.1) is 19.8 Å². The summed E-state index contributed by atoms with van der Waals surface area (Å²) >= 11 is 0. The molecule has 0 bridgehead atoms. The molecule has 2 aromatic carbocycles.